The van der Waals surface area contributed by atoms with Gasteiger partial charge in [-0.2, -0.15) is 9.97 Å². The normalized spacial score (nSPS) is 23.1. The number of H-pyrrole nitrogens is 1. The van der Waals surface area contributed by atoms with Gasteiger partial charge in [-0.05, 0) is 68.1 Å². The summed E-state index contributed by atoms with van der Waals surface area (Å²) in [4.78, 5) is 36.5. The highest BCUT2D eigenvalue weighted by Gasteiger charge is 2.51. The molecule has 0 aromatic carbocycles. The molecule has 47 heavy (non-hydrogen) atoms. The number of unbranched alkanes of at least 4 members (excludes halogenated alkanes) is 1. The quantitative estimate of drug-likeness (QED) is 0.152. The van der Waals surface area contributed by atoms with Crippen LogP contribution >= 0.6 is 0 Å². The molecular formula is C32H49N9O6. The molecule has 0 aliphatic heterocycles. The first-order valence-corrected chi connectivity index (χ1v) is 17.2. The number of rotatable bonds is 20. The van der Waals surface area contributed by atoms with Crippen molar-refractivity contribution in [3.05, 3.63) is 22.4 Å². The van der Waals surface area contributed by atoms with Gasteiger partial charge in [-0.15, -0.1) is 5.10 Å². The van der Waals surface area contributed by atoms with Crippen molar-refractivity contribution in [1.82, 2.24) is 39.8 Å². The fraction of sp³-hybridized carbons (Fsp3) is 0.750. The number of ether oxygens (including phenoxy) is 4. The number of fused-ring (bicyclic) bond motifs is 1. The minimum atomic E-state index is -0.371. The molecule has 3 heterocycles. The van der Waals surface area contributed by atoms with Gasteiger partial charge in [0, 0.05) is 13.0 Å². The zero-order valence-electron chi connectivity index (χ0n) is 27.5. The molecule has 7 rings (SSSR count). The van der Waals surface area contributed by atoms with Crippen molar-refractivity contribution in [2.24, 2.45) is 23.2 Å². The van der Waals surface area contributed by atoms with Crippen molar-refractivity contribution < 1.29 is 23.7 Å². The summed E-state index contributed by atoms with van der Waals surface area (Å²) in [5.41, 5.74) is 7.23. The number of aromatic amines is 1. The van der Waals surface area contributed by atoms with Crippen LogP contribution in [-0.2, 0) is 32.1 Å². The molecule has 258 valence electrons. The van der Waals surface area contributed by atoms with Crippen LogP contribution in [0.5, 0.6) is 6.01 Å². The first-order chi connectivity index (χ1) is 22.9. The third-order valence-electron chi connectivity index (χ3n) is 9.74. The number of hydrogen-bond acceptors (Lipinski definition) is 11. The Balaban J connectivity index is 0.805. The van der Waals surface area contributed by atoms with E-state index in [1.165, 1.54) is 43.1 Å². The summed E-state index contributed by atoms with van der Waals surface area (Å²) in [5, 5.41) is 11.4. The number of aromatic nitrogens is 7. The fourth-order valence-corrected chi connectivity index (χ4v) is 8.10. The molecule has 15 heteroatoms. The lowest BCUT2D eigenvalue weighted by atomic mass is 9.49. The summed E-state index contributed by atoms with van der Waals surface area (Å²) in [6, 6.07) is 0.135. The number of nitrogens with zero attached hydrogens (tertiary/aromatic N) is 6. The number of imidazole rings is 1. The predicted octanol–water partition coefficient (Wildman–Crippen LogP) is 2.29. The molecule has 1 amide bonds. The van der Waals surface area contributed by atoms with Gasteiger partial charge in [0.05, 0.1) is 65.5 Å². The number of carbonyl (C=O) groups excluding carboxylic acids is 1. The number of nitrogens with one attached hydrogen (secondary N) is 2. The lowest BCUT2D eigenvalue weighted by molar-refractivity contribution is -0.129. The second kappa shape index (κ2) is 15.6. The Kier molecular flexibility index (Phi) is 11.0. The second-order valence-electron chi connectivity index (χ2n) is 13.6. The molecule has 4 aliphatic rings. The maximum Gasteiger partial charge on any atom is 0.328 e. The van der Waals surface area contributed by atoms with Crippen LogP contribution in [0.4, 0.5) is 5.82 Å². The van der Waals surface area contributed by atoms with Crippen LogP contribution in [0.25, 0.3) is 11.2 Å². The maximum absolute atomic E-state index is 12.6. The molecule has 15 nitrogen and oxygen atoms in total. The average Bonchev–Trinajstić information content (AvgIpc) is 3.61. The highest BCUT2D eigenvalue weighted by atomic mass is 16.5. The van der Waals surface area contributed by atoms with Gasteiger partial charge in [0.1, 0.15) is 11.2 Å². The van der Waals surface area contributed by atoms with Gasteiger partial charge < -0.3 is 35.0 Å². The van der Waals surface area contributed by atoms with Crippen molar-refractivity contribution in [2.75, 3.05) is 58.5 Å². The van der Waals surface area contributed by atoms with E-state index in [1.54, 1.807) is 10.9 Å². The van der Waals surface area contributed by atoms with E-state index in [-0.39, 0.29) is 35.4 Å². The van der Waals surface area contributed by atoms with Crippen LogP contribution in [0.3, 0.4) is 0 Å². The van der Waals surface area contributed by atoms with Crippen LogP contribution in [-0.4, -0.2) is 93.2 Å². The number of hydrogen-bond donors (Lipinski definition) is 3. The molecule has 4 aliphatic carbocycles. The molecular weight excluding hydrogens is 606 g/mol. The van der Waals surface area contributed by atoms with E-state index in [0.29, 0.717) is 82.6 Å². The Morgan fingerprint density at radius 2 is 1.68 bits per heavy atom. The van der Waals surface area contributed by atoms with Crippen molar-refractivity contribution in [1.29, 1.82) is 0 Å². The molecule has 4 bridgehead atoms. The molecule has 0 saturated heterocycles. The molecule has 4 N–H and O–H groups in total. The maximum atomic E-state index is 12.6. The number of carbonyl (C=O) groups is 1. The van der Waals surface area contributed by atoms with Gasteiger partial charge in [-0.25, -0.2) is 9.48 Å². The highest BCUT2D eigenvalue weighted by molar-refractivity contribution is 5.82. The monoisotopic (exact) mass is 655 g/mol. The summed E-state index contributed by atoms with van der Waals surface area (Å²) in [7, 11) is 0. The van der Waals surface area contributed by atoms with Crippen molar-refractivity contribution in [3.63, 3.8) is 0 Å². The van der Waals surface area contributed by atoms with Gasteiger partial charge in [0.2, 0.25) is 5.91 Å². The van der Waals surface area contributed by atoms with Gasteiger partial charge in [0.25, 0.3) is 0 Å². The zero-order chi connectivity index (χ0) is 32.6. The number of amides is 1. The van der Waals surface area contributed by atoms with Gasteiger partial charge >= 0.3 is 11.7 Å². The second-order valence-corrected chi connectivity index (χ2v) is 13.6. The summed E-state index contributed by atoms with van der Waals surface area (Å²) in [5.74, 6) is 2.93. The third kappa shape index (κ3) is 8.68. The van der Waals surface area contributed by atoms with Gasteiger partial charge in [-0.1, -0.05) is 18.6 Å². The molecule has 3 aromatic heterocycles. The topological polar surface area (TPSA) is 186 Å². The minimum Gasteiger partial charge on any atom is -0.463 e. The fourth-order valence-electron chi connectivity index (χ4n) is 8.10. The zero-order valence-corrected chi connectivity index (χ0v) is 27.5. The standard InChI is InChI=1S/C32H49N9O6/c1-2-3-6-47-30-36-28(33)27-29(37-30)41(31(43)35-27)21-25-20-40(39-38-25)5-8-45-10-12-46-11-9-44-7-4-34-26(42)19-32-16-22-13-23(17-32)15-24(14-22)18-32/h20,22-24H,2-19,21H2,1H3,(H,34,42)(H,35,43)(H2,33,36,37). The van der Waals surface area contributed by atoms with Crippen LogP contribution < -0.4 is 21.5 Å². The first kappa shape index (κ1) is 33.3. The predicted molar refractivity (Wildman–Crippen MR) is 173 cm³/mol. The molecule has 3 aromatic rings. The lowest BCUT2D eigenvalue weighted by Gasteiger charge is -2.56. The van der Waals surface area contributed by atoms with Crippen molar-refractivity contribution >= 4 is 22.9 Å². The molecule has 0 unspecified atom stereocenters. The van der Waals surface area contributed by atoms with Crippen LogP contribution in [0.2, 0.25) is 0 Å². The molecule has 0 atom stereocenters. The van der Waals surface area contributed by atoms with E-state index in [1.807, 2.05) is 0 Å². The van der Waals surface area contributed by atoms with Gasteiger partial charge in [-0.3, -0.25) is 9.36 Å². The van der Waals surface area contributed by atoms with E-state index < -0.39 is 0 Å². The van der Waals surface area contributed by atoms with E-state index >= 15 is 0 Å². The Hall–Kier alpha value is -3.56. The van der Waals surface area contributed by atoms with E-state index in [9.17, 15) is 9.59 Å². The summed E-state index contributed by atoms with van der Waals surface area (Å²) in [6.07, 6.45) is 12.2. The highest BCUT2D eigenvalue weighted by Crippen LogP contribution is 2.61. The number of anilines is 1. The largest absolute Gasteiger partial charge is 0.463 e. The Morgan fingerprint density at radius 1 is 1.00 bits per heavy atom. The third-order valence-corrected chi connectivity index (χ3v) is 9.74. The van der Waals surface area contributed by atoms with Crippen molar-refractivity contribution in [3.8, 4) is 6.01 Å². The van der Waals surface area contributed by atoms with E-state index in [0.717, 1.165) is 30.6 Å². The minimum absolute atomic E-state index is 0.135. The van der Waals surface area contributed by atoms with E-state index in [2.05, 4.69) is 37.5 Å². The smallest absolute Gasteiger partial charge is 0.328 e. The Bertz CT molecular complexity index is 1500. The van der Waals surface area contributed by atoms with Crippen molar-refractivity contribution in [2.45, 2.75) is 77.8 Å². The van der Waals surface area contributed by atoms with Crippen LogP contribution in [0.15, 0.2) is 11.0 Å². The SMILES string of the molecule is CCCCOc1nc(N)c2[nH]c(=O)n(Cc3cn(CCOCCOCCOCCNC(=O)CC45CC6CC(CC(C6)C4)C5)nn3)c2n1. The lowest BCUT2D eigenvalue weighted by Crippen LogP contribution is -2.48. The van der Waals surface area contributed by atoms with Crippen LogP contribution in [0.1, 0.15) is 70.4 Å². The van der Waals surface area contributed by atoms with E-state index in [4.69, 9.17) is 24.7 Å². The Morgan fingerprint density at radius 3 is 2.38 bits per heavy atom. The number of nitrogens with two attached hydrogens (primary N) is 1. The molecule has 0 spiro atoms. The van der Waals surface area contributed by atoms with Gasteiger partial charge in [0.15, 0.2) is 11.5 Å². The molecule has 4 fully saturated rings. The summed E-state index contributed by atoms with van der Waals surface area (Å²) < 4.78 is 25.6. The molecule has 4 saturated carbocycles. The Labute approximate surface area is 274 Å². The van der Waals surface area contributed by atoms with Crippen LogP contribution in [0, 0.1) is 23.2 Å². The average molecular weight is 656 g/mol. The first-order valence-electron chi connectivity index (χ1n) is 17.2. The number of nitrogen functional groups attached to an aromatic ring is 1. The summed E-state index contributed by atoms with van der Waals surface area (Å²) in [6.45, 7) is 6.47. The summed E-state index contributed by atoms with van der Waals surface area (Å²) >= 11 is 0. The molecule has 0 radical (unpaired) electrons.